The quantitative estimate of drug-likeness (QED) is 0.0879. The number of aromatic nitrogens is 1. The maximum Gasteiger partial charge on any atom is 0.460 e. The van der Waals surface area contributed by atoms with Gasteiger partial charge in [0.25, 0.3) is 0 Å². The molecule has 0 aliphatic heterocycles. The standard InChI is InChI=1S/C25H14F17NO2S/c26-18(27,19(28,29)20(30,31)21(32,33)22(34,35)23(36,37)24(38,39)25(40,41)42)8-10-46-15-4-2-14(3-5-15)45-17(44)13-1-6-16-12(11-13)7-9-43-16/h1-7,9,11,43H,8,10H2. The molecule has 0 aliphatic carbocycles. The van der Waals surface area contributed by atoms with E-state index in [-0.39, 0.29) is 28.0 Å². The van der Waals surface area contributed by atoms with Crippen molar-refractivity contribution in [2.45, 2.75) is 59.0 Å². The van der Waals surface area contributed by atoms with Gasteiger partial charge in [0.2, 0.25) is 0 Å². The maximum absolute atomic E-state index is 14.1. The molecular weight excluding hydrogens is 701 g/mol. The Morgan fingerprint density at radius 2 is 1.13 bits per heavy atom. The van der Waals surface area contributed by atoms with Gasteiger partial charge in [0, 0.05) is 34.2 Å². The van der Waals surface area contributed by atoms with E-state index in [1.807, 2.05) is 0 Å². The molecule has 0 fully saturated rings. The van der Waals surface area contributed by atoms with E-state index in [1.165, 1.54) is 12.1 Å². The summed E-state index contributed by atoms with van der Waals surface area (Å²) in [6.07, 6.45) is -8.76. The lowest BCUT2D eigenvalue weighted by Crippen LogP contribution is -2.74. The predicted octanol–water partition coefficient (Wildman–Crippen LogP) is 9.88. The lowest BCUT2D eigenvalue weighted by molar-refractivity contribution is -0.461. The molecule has 0 amide bonds. The molecule has 21 heteroatoms. The molecule has 3 nitrogen and oxygen atoms in total. The smallest absolute Gasteiger partial charge is 0.423 e. The molecule has 0 atom stereocenters. The van der Waals surface area contributed by atoms with Gasteiger partial charge in [-0.25, -0.2) is 4.79 Å². The SMILES string of the molecule is O=C(Oc1ccc(SCCC(F)(F)C(F)(F)C(F)(F)C(F)(F)C(F)(F)C(F)(F)C(F)(F)C(F)(F)F)cc1)c1ccc2[nH]ccc2c1. The lowest BCUT2D eigenvalue weighted by atomic mass is 9.88. The molecule has 1 heterocycles. The van der Waals surface area contributed by atoms with Crippen LogP contribution in [0.25, 0.3) is 10.9 Å². The zero-order valence-corrected chi connectivity index (χ0v) is 22.6. The molecule has 0 saturated heterocycles. The van der Waals surface area contributed by atoms with Crippen molar-refractivity contribution in [2.75, 3.05) is 5.75 Å². The Kier molecular flexibility index (Phi) is 9.42. The molecule has 0 spiro atoms. The van der Waals surface area contributed by atoms with Crippen molar-refractivity contribution in [3.63, 3.8) is 0 Å². The number of H-pyrrole nitrogens is 1. The van der Waals surface area contributed by atoms with Gasteiger partial charge in [0.05, 0.1) is 5.56 Å². The summed E-state index contributed by atoms with van der Waals surface area (Å²) in [5, 5.41) is 0.653. The Bertz CT molecular complexity index is 1550. The Labute approximate surface area is 249 Å². The molecule has 0 saturated carbocycles. The number of rotatable bonds is 12. The average Bonchev–Trinajstić information content (AvgIpc) is 3.40. The number of alkyl halides is 17. The van der Waals surface area contributed by atoms with E-state index in [9.17, 15) is 79.4 Å². The van der Waals surface area contributed by atoms with Crippen molar-refractivity contribution in [1.82, 2.24) is 4.98 Å². The van der Waals surface area contributed by atoms with E-state index in [0.29, 0.717) is 10.9 Å². The van der Waals surface area contributed by atoms with Gasteiger partial charge < -0.3 is 9.72 Å². The van der Waals surface area contributed by atoms with Gasteiger partial charge in [0.15, 0.2) is 0 Å². The van der Waals surface area contributed by atoms with Crippen molar-refractivity contribution < 1.29 is 84.2 Å². The summed E-state index contributed by atoms with van der Waals surface area (Å²) in [4.78, 5) is 15.1. The first-order valence-corrected chi connectivity index (χ1v) is 12.9. The predicted molar refractivity (Wildman–Crippen MR) is 126 cm³/mol. The number of thioether (sulfide) groups is 1. The van der Waals surface area contributed by atoms with Crippen molar-refractivity contribution in [1.29, 1.82) is 0 Å². The number of hydrogen-bond acceptors (Lipinski definition) is 3. The zero-order valence-electron chi connectivity index (χ0n) is 21.8. The van der Waals surface area contributed by atoms with E-state index >= 15 is 0 Å². The first-order valence-electron chi connectivity index (χ1n) is 11.9. The van der Waals surface area contributed by atoms with Crippen LogP contribution in [0.1, 0.15) is 16.8 Å². The fourth-order valence-corrected chi connectivity index (χ4v) is 4.52. The molecule has 46 heavy (non-hydrogen) atoms. The molecule has 0 unspecified atom stereocenters. The lowest BCUT2D eigenvalue weighted by Gasteiger charge is -2.42. The number of carbonyl (C=O) groups is 1. The van der Waals surface area contributed by atoms with Gasteiger partial charge in [0.1, 0.15) is 5.75 Å². The summed E-state index contributed by atoms with van der Waals surface area (Å²) in [5.41, 5.74) is 0.801. The number of nitrogens with one attached hydrogen (secondary N) is 1. The molecule has 1 N–H and O–H groups in total. The number of fused-ring (bicyclic) bond motifs is 1. The Hall–Kier alpha value is -3.39. The summed E-state index contributed by atoms with van der Waals surface area (Å²) in [6.45, 7) is 0. The molecule has 256 valence electrons. The van der Waals surface area contributed by atoms with E-state index < -0.39 is 65.8 Å². The summed E-state index contributed by atoms with van der Waals surface area (Å²) in [5.74, 6) is -58.9. The Balaban J connectivity index is 1.71. The third kappa shape index (κ3) is 5.94. The number of ether oxygens (including phenoxy) is 1. The molecular formula is C25H14F17NO2S. The van der Waals surface area contributed by atoms with Crippen LogP contribution < -0.4 is 4.74 Å². The van der Waals surface area contributed by atoms with Crippen molar-refractivity contribution in [3.05, 3.63) is 60.3 Å². The first kappa shape index (κ1) is 37.1. The minimum Gasteiger partial charge on any atom is -0.423 e. The van der Waals surface area contributed by atoms with Gasteiger partial charge in [-0.1, -0.05) is 0 Å². The normalized spacial score (nSPS) is 14.5. The molecule has 0 bridgehead atoms. The van der Waals surface area contributed by atoms with E-state index in [1.54, 1.807) is 18.3 Å². The van der Waals surface area contributed by atoms with Crippen molar-refractivity contribution >= 4 is 28.6 Å². The second-order valence-electron chi connectivity index (χ2n) is 9.39. The molecule has 1 aromatic heterocycles. The third-order valence-electron chi connectivity index (χ3n) is 6.30. The summed E-state index contributed by atoms with van der Waals surface area (Å²) < 4.78 is 233. The molecule has 0 radical (unpaired) electrons. The van der Waals surface area contributed by atoms with Crippen LogP contribution in [-0.4, -0.2) is 64.3 Å². The van der Waals surface area contributed by atoms with E-state index in [2.05, 4.69) is 4.98 Å². The third-order valence-corrected chi connectivity index (χ3v) is 7.31. The molecule has 2 aromatic carbocycles. The van der Waals surface area contributed by atoms with Gasteiger partial charge >= 0.3 is 53.6 Å². The summed E-state index contributed by atoms with van der Waals surface area (Å²) >= 11 is 0.142. The highest BCUT2D eigenvalue weighted by atomic mass is 32.2. The second-order valence-corrected chi connectivity index (χ2v) is 10.6. The van der Waals surface area contributed by atoms with Gasteiger partial charge in [-0.05, 0) is 48.5 Å². The minimum absolute atomic E-state index is 0.103. The fourth-order valence-electron chi connectivity index (χ4n) is 3.60. The topological polar surface area (TPSA) is 42.1 Å². The van der Waals surface area contributed by atoms with Crippen LogP contribution in [0.2, 0.25) is 0 Å². The van der Waals surface area contributed by atoms with Crippen LogP contribution in [0, 0.1) is 0 Å². The number of hydrogen-bond donors (Lipinski definition) is 1. The minimum atomic E-state index is -8.66. The van der Waals surface area contributed by atoms with E-state index in [4.69, 9.17) is 4.74 Å². The number of esters is 1. The second kappa shape index (κ2) is 11.7. The summed E-state index contributed by atoms with van der Waals surface area (Å²) in [6, 6.07) is 10.2. The van der Waals surface area contributed by atoms with Crippen LogP contribution in [0.4, 0.5) is 74.6 Å². The van der Waals surface area contributed by atoms with Crippen LogP contribution in [0.3, 0.4) is 0 Å². The zero-order chi connectivity index (χ0) is 35.4. The highest BCUT2D eigenvalue weighted by Gasteiger charge is 2.95. The van der Waals surface area contributed by atoms with Crippen LogP contribution in [-0.2, 0) is 0 Å². The van der Waals surface area contributed by atoms with Crippen molar-refractivity contribution in [3.8, 4) is 5.75 Å². The van der Waals surface area contributed by atoms with Crippen LogP contribution in [0.5, 0.6) is 5.75 Å². The molecule has 3 rings (SSSR count). The number of aromatic amines is 1. The van der Waals surface area contributed by atoms with Gasteiger partial charge in [-0.15, -0.1) is 11.8 Å². The molecule has 3 aromatic rings. The van der Waals surface area contributed by atoms with Gasteiger partial charge in [-0.2, -0.15) is 74.6 Å². The van der Waals surface area contributed by atoms with Gasteiger partial charge in [-0.3, -0.25) is 0 Å². The number of halogens is 17. The average molecular weight is 715 g/mol. The van der Waals surface area contributed by atoms with Crippen LogP contribution in [0.15, 0.2) is 59.6 Å². The first-order chi connectivity index (χ1) is 20.7. The number of benzene rings is 2. The highest BCUT2D eigenvalue weighted by Crippen LogP contribution is 2.64. The summed E-state index contributed by atoms with van der Waals surface area (Å²) in [7, 11) is 0. The Morgan fingerprint density at radius 3 is 1.65 bits per heavy atom. The highest BCUT2D eigenvalue weighted by molar-refractivity contribution is 7.99. The molecule has 0 aliphatic rings. The van der Waals surface area contributed by atoms with Crippen molar-refractivity contribution in [2.24, 2.45) is 0 Å². The Morgan fingerprint density at radius 1 is 0.630 bits per heavy atom. The fraction of sp³-hybridized carbons (Fsp3) is 0.400. The maximum atomic E-state index is 14.1. The van der Waals surface area contributed by atoms with Crippen LogP contribution >= 0.6 is 11.8 Å². The van der Waals surface area contributed by atoms with E-state index in [0.717, 1.165) is 24.3 Å². The monoisotopic (exact) mass is 715 g/mol. The number of carbonyl (C=O) groups excluding carboxylic acids is 1. The largest absolute Gasteiger partial charge is 0.460 e.